The zero-order chi connectivity index (χ0) is 17.4. The number of hydrogen-bond acceptors (Lipinski definition) is 3. The first-order valence-electron chi connectivity index (χ1n) is 8.58. The van der Waals surface area contributed by atoms with Gasteiger partial charge in [0.1, 0.15) is 17.5 Å². The lowest BCUT2D eigenvalue weighted by molar-refractivity contribution is 0.0687. The molecule has 0 bridgehead atoms. The van der Waals surface area contributed by atoms with Crippen LogP contribution in [0.4, 0.5) is 0 Å². The van der Waals surface area contributed by atoms with Gasteiger partial charge in [-0.1, -0.05) is 13.8 Å². The molecule has 2 heterocycles. The third kappa shape index (κ3) is 3.13. The van der Waals surface area contributed by atoms with Crippen molar-refractivity contribution >= 4 is 16.9 Å². The van der Waals surface area contributed by atoms with Gasteiger partial charge in [-0.05, 0) is 49.6 Å². The molecular weight excluding hydrogens is 304 g/mol. The Morgan fingerprint density at radius 1 is 1.21 bits per heavy atom. The molecule has 1 aliphatic heterocycles. The Morgan fingerprint density at radius 2 is 1.88 bits per heavy atom. The number of carboxylic acids is 1. The molecule has 5 nitrogen and oxygen atoms in total. The third-order valence-corrected chi connectivity index (χ3v) is 4.94. The predicted octanol–water partition coefficient (Wildman–Crippen LogP) is 3.47. The summed E-state index contributed by atoms with van der Waals surface area (Å²) < 4.78 is 8.00. The summed E-state index contributed by atoms with van der Waals surface area (Å²) in [6.07, 6.45) is 2.29. The van der Waals surface area contributed by atoms with Crippen molar-refractivity contribution in [3.05, 3.63) is 29.5 Å². The van der Waals surface area contributed by atoms with Crippen molar-refractivity contribution in [1.82, 2.24) is 9.47 Å². The van der Waals surface area contributed by atoms with E-state index in [-0.39, 0.29) is 6.10 Å². The van der Waals surface area contributed by atoms with Crippen LogP contribution < -0.4 is 4.74 Å². The molecule has 1 fully saturated rings. The number of hydrogen-bond donors (Lipinski definition) is 1. The number of rotatable bonds is 4. The largest absolute Gasteiger partial charge is 0.490 e. The first-order valence-corrected chi connectivity index (χ1v) is 8.58. The maximum atomic E-state index is 11.4. The van der Waals surface area contributed by atoms with E-state index in [2.05, 4.69) is 31.9 Å². The van der Waals surface area contributed by atoms with Crippen molar-refractivity contribution in [3.8, 4) is 5.75 Å². The maximum absolute atomic E-state index is 11.4. The van der Waals surface area contributed by atoms with E-state index in [1.165, 1.54) is 0 Å². The number of piperidine rings is 1. The van der Waals surface area contributed by atoms with Gasteiger partial charge in [0.2, 0.25) is 0 Å². The van der Waals surface area contributed by atoms with E-state index in [1.807, 2.05) is 13.1 Å². The van der Waals surface area contributed by atoms with Crippen molar-refractivity contribution in [3.63, 3.8) is 0 Å². The molecule has 0 radical (unpaired) electrons. The van der Waals surface area contributed by atoms with Crippen molar-refractivity contribution in [1.29, 1.82) is 0 Å². The topological polar surface area (TPSA) is 54.7 Å². The lowest BCUT2D eigenvalue weighted by atomic mass is 10.00. The summed E-state index contributed by atoms with van der Waals surface area (Å²) in [5.74, 6) is 0.244. The van der Waals surface area contributed by atoms with Crippen LogP contribution in [0.3, 0.4) is 0 Å². The molecule has 2 aromatic rings. The highest BCUT2D eigenvalue weighted by atomic mass is 16.5. The Hall–Kier alpha value is -2.01. The zero-order valence-electron chi connectivity index (χ0n) is 14.9. The molecule has 1 aromatic heterocycles. The van der Waals surface area contributed by atoms with Gasteiger partial charge < -0.3 is 19.3 Å². The van der Waals surface area contributed by atoms with Gasteiger partial charge in [0.25, 0.3) is 0 Å². The van der Waals surface area contributed by atoms with Gasteiger partial charge in [-0.3, -0.25) is 0 Å². The van der Waals surface area contributed by atoms with Crippen LogP contribution in [0.5, 0.6) is 5.75 Å². The van der Waals surface area contributed by atoms with E-state index in [0.29, 0.717) is 11.6 Å². The summed E-state index contributed by atoms with van der Waals surface area (Å²) in [5, 5.41) is 10.3. The molecule has 1 saturated heterocycles. The number of aryl methyl sites for hydroxylation is 1. The van der Waals surface area contributed by atoms with Gasteiger partial charge in [-0.25, -0.2) is 4.79 Å². The van der Waals surface area contributed by atoms with Crippen LogP contribution in [-0.2, 0) is 7.05 Å². The van der Waals surface area contributed by atoms with E-state index >= 15 is 0 Å². The summed E-state index contributed by atoms with van der Waals surface area (Å²) in [7, 11) is 3.95. The molecule has 1 N–H and O–H groups in total. The Bertz CT molecular complexity index is 756. The summed E-state index contributed by atoms with van der Waals surface area (Å²) in [4.78, 5) is 13.8. The van der Waals surface area contributed by atoms with Gasteiger partial charge in [0.05, 0.1) is 5.52 Å². The van der Waals surface area contributed by atoms with Crippen molar-refractivity contribution in [2.75, 3.05) is 20.1 Å². The lowest BCUT2D eigenvalue weighted by Crippen LogP contribution is -2.35. The van der Waals surface area contributed by atoms with Crippen LogP contribution in [0.25, 0.3) is 10.9 Å². The second-order valence-electron chi connectivity index (χ2n) is 7.12. The lowest BCUT2D eigenvalue weighted by Gasteiger charge is -2.29. The molecule has 0 saturated carbocycles. The average Bonchev–Trinajstić information content (AvgIpc) is 2.86. The fraction of sp³-hybridized carbons (Fsp3) is 0.526. The molecule has 0 spiro atoms. The molecule has 0 amide bonds. The minimum absolute atomic E-state index is 0.237. The van der Waals surface area contributed by atoms with E-state index < -0.39 is 5.97 Å². The van der Waals surface area contributed by atoms with E-state index in [9.17, 15) is 9.90 Å². The second-order valence-corrected chi connectivity index (χ2v) is 7.12. The molecule has 1 aromatic carbocycles. The normalized spacial score (nSPS) is 16.9. The van der Waals surface area contributed by atoms with Gasteiger partial charge in [-0.2, -0.15) is 0 Å². The van der Waals surface area contributed by atoms with Gasteiger partial charge in [0.15, 0.2) is 0 Å². The SMILES string of the molecule is CC(C)c1cc(OC2CCN(C)CC2)cc2cc(C(=O)O)n(C)c12. The molecule has 24 heavy (non-hydrogen) atoms. The number of aromatic nitrogens is 1. The minimum atomic E-state index is -0.902. The van der Waals surface area contributed by atoms with Crippen LogP contribution in [0, 0.1) is 0 Å². The molecule has 3 rings (SSSR count). The molecule has 1 aliphatic rings. The summed E-state index contributed by atoms with van der Waals surface area (Å²) in [6, 6.07) is 5.80. The quantitative estimate of drug-likeness (QED) is 0.932. The van der Waals surface area contributed by atoms with E-state index in [0.717, 1.165) is 48.1 Å². The number of nitrogens with zero attached hydrogens (tertiary/aromatic N) is 2. The summed E-state index contributed by atoms with van der Waals surface area (Å²) in [6.45, 7) is 6.36. The smallest absolute Gasteiger partial charge is 0.352 e. The molecule has 0 atom stereocenters. The maximum Gasteiger partial charge on any atom is 0.352 e. The predicted molar refractivity (Wildman–Crippen MR) is 95.1 cm³/mol. The van der Waals surface area contributed by atoms with Gasteiger partial charge in [-0.15, -0.1) is 0 Å². The van der Waals surface area contributed by atoms with Crippen molar-refractivity contribution < 1.29 is 14.6 Å². The van der Waals surface area contributed by atoms with Crippen molar-refractivity contribution in [2.45, 2.75) is 38.7 Å². The second kappa shape index (κ2) is 6.48. The van der Waals surface area contributed by atoms with Crippen LogP contribution in [0.1, 0.15) is 48.7 Å². The van der Waals surface area contributed by atoms with Gasteiger partial charge >= 0.3 is 5.97 Å². The van der Waals surface area contributed by atoms with Gasteiger partial charge in [0, 0.05) is 25.5 Å². The van der Waals surface area contributed by atoms with E-state index in [1.54, 1.807) is 10.6 Å². The summed E-state index contributed by atoms with van der Waals surface area (Å²) in [5.41, 5.74) is 2.42. The van der Waals surface area contributed by atoms with Crippen LogP contribution in [-0.4, -0.2) is 46.8 Å². The first kappa shape index (κ1) is 16.8. The number of benzene rings is 1. The average molecular weight is 330 g/mol. The molecular formula is C19H26N2O3. The fourth-order valence-electron chi connectivity index (χ4n) is 3.52. The number of carboxylic acid groups (broad SMARTS) is 1. The first-order chi connectivity index (χ1) is 11.4. The number of aromatic carboxylic acids is 1. The Balaban J connectivity index is 1.99. The molecule has 0 aliphatic carbocycles. The van der Waals surface area contributed by atoms with Crippen LogP contribution in [0.2, 0.25) is 0 Å². The number of ether oxygens (including phenoxy) is 1. The third-order valence-electron chi connectivity index (χ3n) is 4.94. The fourth-order valence-corrected chi connectivity index (χ4v) is 3.52. The Kier molecular flexibility index (Phi) is 4.54. The molecule has 5 heteroatoms. The number of likely N-dealkylation sites (tertiary alicyclic amines) is 1. The zero-order valence-corrected chi connectivity index (χ0v) is 14.9. The monoisotopic (exact) mass is 330 g/mol. The Labute approximate surface area is 142 Å². The minimum Gasteiger partial charge on any atom is -0.490 e. The standard InChI is InChI=1S/C19H26N2O3/c1-12(2)16-11-15(24-14-5-7-20(3)8-6-14)9-13-10-17(19(22)23)21(4)18(13)16/h9-12,14H,5-8H2,1-4H3,(H,22,23). The molecule has 0 unspecified atom stereocenters. The van der Waals surface area contributed by atoms with Crippen LogP contribution in [0.15, 0.2) is 18.2 Å². The molecule has 130 valence electrons. The number of carbonyl (C=O) groups is 1. The van der Waals surface area contributed by atoms with Crippen LogP contribution >= 0.6 is 0 Å². The Morgan fingerprint density at radius 3 is 2.46 bits per heavy atom. The highest BCUT2D eigenvalue weighted by molar-refractivity contribution is 5.96. The highest BCUT2D eigenvalue weighted by Gasteiger charge is 2.21. The summed E-state index contributed by atoms with van der Waals surface area (Å²) >= 11 is 0. The highest BCUT2D eigenvalue weighted by Crippen LogP contribution is 2.33. The van der Waals surface area contributed by atoms with Crippen molar-refractivity contribution in [2.24, 2.45) is 7.05 Å². The van der Waals surface area contributed by atoms with E-state index in [4.69, 9.17) is 4.74 Å². The number of fused-ring (bicyclic) bond motifs is 1.